The van der Waals surface area contributed by atoms with Crippen LogP contribution in [0.15, 0.2) is 84.2 Å². The van der Waals surface area contributed by atoms with E-state index in [0.29, 0.717) is 37.0 Å². The first kappa shape index (κ1) is 25.4. The van der Waals surface area contributed by atoms with Gasteiger partial charge in [0.25, 0.3) is 5.91 Å². The van der Waals surface area contributed by atoms with E-state index in [1.54, 1.807) is 12.0 Å². The van der Waals surface area contributed by atoms with Gasteiger partial charge in [-0.15, -0.1) is 0 Å². The highest BCUT2D eigenvalue weighted by Crippen LogP contribution is 2.23. The van der Waals surface area contributed by atoms with Gasteiger partial charge < -0.3 is 16.0 Å². The highest BCUT2D eigenvalue weighted by Gasteiger charge is 2.27. The van der Waals surface area contributed by atoms with Gasteiger partial charge in [0.05, 0.1) is 23.3 Å². The molecule has 1 aromatic heterocycles. The number of nitrogens with one attached hydrogen (secondary N) is 3. The molecule has 3 N–H and O–H groups in total. The second-order valence-electron chi connectivity index (χ2n) is 8.82. The molecule has 1 aliphatic rings. The summed E-state index contributed by atoms with van der Waals surface area (Å²) in [6.07, 6.45) is 2.65. The summed E-state index contributed by atoms with van der Waals surface area (Å²) in [6.45, 7) is 0.634. The molecule has 0 aliphatic carbocycles. The lowest BCUT2D eigenvalue weighted by atomic mass is 9.95. The normalized spacial score (nSPS) is 15.9. The number of aromatic nitrogens is 1. The Morgan fingerprint density at radius 2 is 1.81 bits per heavy atom. The molecule has 0 saturated carbocycles. The molecule has 8 heteroatoms. The number of hydrogen-bond donors (Lipinski definition) is 3. The van der Waals surface area contributed by atoms with E-state index >= 15 is 0 Å². The van der Waals surface area contributed by atoms with E-state index in [0.717, 1.165) is 10.9 Å². The van der Waals surface area contributed by atoms with Crippen LogP contribution in [0.4, 0.5) is 0 Å². The van der Waals surface area contributed by atoms with Crippen molar-refractivity contribution in [2.24, 2.45) is 5.92 Å². The maximum atomic E-state index is 13.2. The quantitative estimate of drug-likeness (QED) is 0.371. The third-order valence-electron chi connectivity index (χ3n) is 6.35. The van der Waals surface area contributed by atoms with Crippen LogP contribution in [0.3, 0.4) is 0 Å². The van der Waals surface area contributed by atoms with Crippen LogP contribution in [0.1, 0.15) is 28.9 Å². The lowest BCUT2D eigenvalue weighted by molar-refractivity contribution is 0.0936. The predicted molar refractivity (Wildman–Crippen MR) is 139 cm³/mol. The van der Waals surface area contributed by atoms with Gasteiger partial charge in [0, 0.05) is 23.9 Å². The summed E-state index contributed by atoms with van der Waals surface area (Å²) in [7, 11) is 0. The molecule has 3 atom stereocenters. The maximum Gasteiger partial charge on any atom is 0.270 e. The average molecular weight is 495 g/mol. The van der Waals surface area contributed by atoms with Gasteiger partial charge in [-0.3, -0.25) is 4.79 Å². The van der Waals surface area contributed by atoms with Crippen LogP contribution in [0.5, 0.6) is 0 Å². The van der Waals surface area contributed by atoms with Crippen molar-refractivity contribution in [2.75, 3.05) is 6.54 Å². The van der Waals surface area contributed by atoms with Crippen molar-refractivity contribution in [3.8, 4) is 0 Å². The summed E-state index contributed by atoms with van der Waals surface area (Å²) in [4.78, 5) is 52.3. The minimum atomic E-state index is -0.772. The van der Waals surface area contributed by atoms with Crippen molar-refractivity contribution in [2.45, 2.75) is 31.3 Å². The van der Waals surface area contributed by atoms with E-state index in [1.165, 1.54) is 6.08 Å². The van der Waals surface area contributed by atoms with Crippen LogP contribution in [-0.2, 0) is 20.8 Å². The lowest BCUT2D eigenvalue weighted by Crippen LogP contribution is -2.45. The Bertz CT molecular complexity index is 1420. The topological polar surface area (TPSA) is 117 Å². The number of benzene rings is 2. The van der Waals surface area contributed by atoms with Crippen LogP contribution in [0.2, 0.25) is 0 Å². The minimum Gasteiger partial charge on any atom is -0.379 e. The Morgan fingerprint density at radius 1 is 1.03 bits per heavy atom. The van der Waals surface area contributed by atoms with Crippen molar-refractivity contribution >= 4 is 34.6 Å². The number of allylic oxidation sites excluding steroid dienone is 1. The van der Waals surface area contributed by atoms with Gasteiger partial charge in [0.2, 0.25) is 0 Å². The van der Waals surface area contributed by atoms with Gasteiger partial charge in [-0.1, -0.05) is 54.6 Å². The Balaban J connectivity index is 1.58. The zero-order chi connectivity index (χ0) is 26.0. The summed E-state index contributed by atoms with van der Waals surface area (Å²) >= 11 is 0. The first-order chi connectivity index (χ1) is 18.1. The Hall–Kier alpha value is -4.73. The smallest absolute Gasteiger partial charge is 0.270 e. The third-order valence-corrected chi connectivity index (χ3v) is 6.35. The molecule has 37 heavy (non-hydrogen) atoms. The van der Waals surface area contributed by atoms with Crippen LogP contribution < -0.4 is 16.0 Å². The van der Waals surface area contributed by atoms with E-state index in [4.69, 9.17) is 0 Å². The zero-order valence-electron chi connectivity index (χ0n) is 20.1. The molecule has 0 radical (unpaired) electrons. The fraction of sp³-hybridized carbons (Fsp3) is 0.241. The number of hydrogen-bond acceptors (Lipinski definition) is 7. The van der Waals surface area contributed by atoms with Gasteiger partial charge >= 0.3 is 0 Å². The highest BCUT2D eigenvalue weighted by atomic mass is 16.2. The number of carbonyl (C=O) groups is 1. The molecule has 2 aromatic carbocycles. The van der Waals surface area contributed by atoms with Crippen molar-refractivity contribution in [3.63, 3.8) is 0 Å². The molecule has 3 aromatic rings. The van der Waals surface area contributed by atoms with Crippen molar-refractivity contribution < 1.29 is 19.2 Å². The fourth-order valence-corrected chi connectivity index (χ4v) is 4.48. The molecule has 1 fully saturated rings. The van der Waals surface area contributed by atoms with Crippen molar-refractivity contribution in [1.82, 2.24) is 20.9 Å². The third kappa shape index (κ3) is 6.49. The summed E-state index contributed by atoms with van der Waals surface area (Å²) in [5.74, 6) is 5.01. The number of para-hydroxylation sites is 1. The summed E-state index contributed by atoms with van der Waals surface area (Å²) in [5.41, 5.74) is 2.31. The Labute approximate surface area is 214 Å². The second-order valence-corrected chi connectivity index (χ2v) is 8.82. The first-order valence-corrected chi connectivity index (χ1v) is 12.0. The lowest BCUT2D eigenvalue weighted by Gasteiger charge is -2.25. The van der Waals surface area contributed by atoms with E-state index in [9.17, 15) is 19.2 Å². The average Bonchev–Trinajstić information content (AvgIpc) is 3.38. The van der Waals surface area contributed by atoms with Gasteiger partial charge in [-0.25, -0.2) is 19.4 Å². The van der Waals surface area contributed by atoms with Gasteiger partial charge in [-0.05, 0) is 37.0 Å². The fourth-order valence-electron chi connectivity index (χ4n) is 4.48. The molecule has 0 bridgehead atoms. The summed E-state index contributed by atoms with van der Waals surface area (Å²) < 4.78 is 0. The van der Waals surface area contributed by atoms with Crippen LogP contribution in [0, 0.1) is 5.92 Å². The summed E-state index contributed by atoms with van der Waals surface area (Å²) in [6, 6.07) is 18.9. The summed E-state index contributed by atoms with van der Waals surface area (Å²) in [5, 5.41) is 9.85. The molecule has 1 amide bonds. The monoisotopic (exact) mass is 494 g/mol. The molecule has 2 heterocycles. The van der Waals surface area contributed by atoms with Crippen molar-refractivity contribution in [3.05, 3.63) is 95.5 Å². The Morgan fingerprint density at radius 3 is 2.57 bits per heavy atom. The number of pyridine rings is 1. The zero-order valence-corrected chi connectivity index (χ0v) is 20.1. The standard InChI is InChI=1S/C29H26N4O4/c34-15-13-23(17-22-12-14-30-27(22)18-35)31-28(19-36)26(16-20-6-2-1-3-7-20)33-29(37)25-11-10-21-8-4-5-9-24(21)32-25/h1-11,13,22-23,26,30-31H,12,14,16-17H2,(H,33,37)/t22-,23?,26?/m0/s1. The van der Waals surface area contributed by atoms with E-state index in [1.807, 2.05) is 72.5 Å². The van der Waals surface area contributed by atoms with Crippen LogP contribution in [0.25, 0.3) is 10.9 Å². The van der Waals surface area contributed by atoms with Crippen molar-refractivity contribution in [1.29, 1.82) is 0 Å². The number of amides is 1. The molecule has 186 valence electrons. The van der Waals surface area contributed by atoms with Crippen LogP contribution >= 0.6 is 0 Å². The second kappa shape index (κ2) is 12.3. The minimum absolute atomic E-state index is 0.0806. The SMILES string of the molecule is O=C=CC(C[C@@H]1CCNC1=C=O)NC(=C=O)C(Cc1ccccc1)NC(=O)c1ccc2ccccc2n1. The maximum absolute atomic E-state index is 13.2. The molecular weight excluding hydrogens is 468 g/mol. The van der Waals surface area contributed by atoms with Gasteiger partial charge in [0.1, 0.15) is 29.2 Å². The first-order valence-electron chi connectivity index (χ1n) is 12.0. The number of rotatable bonds is 10. The number of fused-ring (bicyclic) bond motifs is 1. The largest absolute Gasteiger partial charge is 0.379 e. The number of nitrogens with zero attached hydrogens (tertiary/aromatic N) is 1. The molecule has 2 unspecified atom stereocenters. The Kier molecular flexibility index (Phi) is 8.43. The molecule has 0 spiro atoms. The van der Waals surface area contributed by atoms with Gasteiger partial charge in [-0.2, -0.15) is 0 Å². The van der Waals surface area contributed by atoms with E-state index < -0.39 is 18.0 Å². The molecular formula is C29H26N4O4. The molecule has 8 nitrogen and oxygen atoms in total. The molecule has 4 rings (SSSR count). The van der Waals surface area contributed by atoms with Crippen LogP contribution in [-0.4, -0.2) is 47.3 Å². The van der Waals surface area contributed by atoms with E-state index in [-0.39, 0.29) is 17.3 Å². The molecule has 1 saturated heterocycles. The number of carbonyl (C=O) groups excluding carboxylic acids is 4. The predicted octanol–water partition coefficient (Wildman–Crippen LogP) is 2.35. The van der Waals surface area contributed by atoms with E-state index in [2.05, 4.69) is 20.9 Å². The molecule has 1 aliphatic heterocycles. The highest BCUT2D eigenvalue weighted by molar-refractivity contribution is 5.95. The van der Waals surface area contributed by atoms with Gasteiger partial charge in [0.15, 0.2) is 0 Å².